The third-order valence-electron chi connectivity index (χ3n) is 5.90. The average molecular weight is 455 g/mol. The van der Waals surface area contributed by atoms with Gasteiger partial charge in [0.25, 0.3) is 5.91 Å². The molecule has 0 aliphatic carbocycles. The second-order valence-electron chi connectivity index (χ2n) is 8.05. The molecule has 1 aromatic heterocycles. The number of nitrogens with one attached hydrogen (secondary N) is 1. The first-order valence-corrected chi connectivity index (χ1v) is 10.8. The minimum absolute atomic E-state index is 0.110. The van der Waals surface area contributed by atoms with Crippen LogP contribution in [-0.4, -0.2) is 49.6 Å². The first-order valence-electron chi connectivity index (χ1n) is 10.8. The summed E-state index contributed by atoms with van der Waals surface area (Å²) in [6.07, 6.45) is 1.54. The first kappa shape index (κ1) is 21.5. The third-order valence-corrected chi connectivity index (χ3v) is 5.90. The van der Waals surface area contributed by atoms with Crippen molar-refractivity contribution in [3.63, 3.8) is 0 Å². The normalized spacial score (nSPS) is 17.5. The van der Waals surface area contributed by atoms with Crippen LogP contribution in [0.4, 0.5) is 20.3 Å². The largest absolute Gasteiger partial charge is 0.481 e. The van der Waals surface area contributed by atoms with E-state index in [0.717, 1.165) is 43.2 Å². The topological polar surface area (TPSA) is 72.9 Å². The van der Waals surface area contributed by atoms with E-state index in [1.54, 1.807) is 6.07 Å². The van der Waals surface area contributed by atoms with Gasteiger partial charge in [-0.25, -0.2) is 13.8 Å². The van der Waals surface area contributed by atoms with E-state index in [9.17, 15) is 13.6 Å². The molecule has 1 N–H and O–H groups in total. The second kappa shape index (κ2) is 8.92. The number of ether oxygens (including phenoxy) is 3. The van der Waals surface area contributed by atoms with Gasteiger partial charge in [-0.2, -0.15) is 0 Å². The minimum Gasteiger partial charge on any atom is -0.481 e. The molecule has 7 nitrogen and oxygen atoms in total. The molecule has 2 aromatic carbocycles. The number of benzene rings is 2. The quantitative estimate of drug-likeness (QED) is 0.630. The number of para-hydroxylation sites is 1. The molecule has 2 aliphatic rings. The van der Waals surface area contributed by atoms with Crippen molar-refractivity contribution in [3.8, 4) is 5.75 Å². The number of carbonyl (C=O) groups excluding carboxylic acids is 1. The number of fused-ring (bicyclic) bond motifs is 1. The Morgan fingerprint density at radius 3 is 2.64 bits per heavy atom. The van der Waals surface area contributed by atoms with E-state index >= 15 is 0 Å². The maximum Gasteiger partial charge on any atom is 0.262 e. The molecule has 2 fully saturated rings. The van der Waals surface area contributed by atoms with Gasteiger partial charge in [-0.1, -0.05) is 12.1 Å². The summed E-state index contributed by atoms with van der Waals surface area (Å²) in [6.45, 7) is 2.44. The minimum atomic E-state index is -0.850. The predicted molar refractivity (Wildman–Crippen MR) is 118 cm³/mol. The number of hydrogen-bond acceptors (Lipinski definition) is 6. The molecule has 9 heteroatoms. The smallest absolute Gasteiger partial charge is 0.262 e. The van der Waals surface area contributed by atoms with Crippen LogP contribution in [0.15, 0.2) is 48.5 Å². The third kappa shape index (κ3) is 4.60. The molecule has 3 heterocycles. The molecule has 3 aromatic rings. The molecule has 172 valence electrons. The van der Waals surface area contributed by atoms with Crippen molar-refractivity contribution in [3.05, 3.63) is 60.2 Å². The van der Waals surface area contributed by atoms with E-state index in [-0.39, 0.29) is 12.3 Å². The van der Waals surface area contributed by atoms with Crippen molar-refractivity contribution in [2.45, 2.75) is 18.6 Å². The van der Waals surface area contributed by atoms with Gasteiger partial charge in [0.05, 0.1) is 18.9 Å². The highest BCUT2D eigenvalue weighted by Crippen LogP contribution is 2.34. The fraction of sp³-hybridized carbons (Fsp3) is 0.333. The van der Waals surface area contributed by atoms with Gasteiger partial charge in [-0.15, -0.1) is 0 Å². The SMILES string of the molecule is O=C(COc1cccc2ccc(N3CCC4(CC3)OCCO4)nc12)Nc1ccc(F)cc1F. The number of anilines is 2. The Morgan fingerprint density at radius 2 is 1.88 bits per heavy atom. The zero-order chi connectivity index (χ0) is 22.8. The van der Waals surface area contributed by atoms with Gasteiger partial charge in [0.15, 0.2) is 12.4 Å². The predicted octanol–water partition coefficient (Wildman–Crippen LogP) is 3.87. The summed E-state index contributed by atoms with van der Waals surface area (Å²) in [6, 6.07) is 12.3. The van der Waals surface area contributed by atoms with Crippen LogP contribution in [0.3, 0.4) is 0 Å². The molecular formula is C24H23F2N3O4. The van der Waals surface area contributed by atoms with Crippen molar-refractivity contribution in [1.29, 1.82) is 0 Å². The van der Waals surface area contributed by atoms with Gasteiger partial charge in [0, 0.05) is 37.4 Å². The molecule has 0 saturated carbocycles. The lowest BCUT2D eigenvalue weighted by molar-refractivity contribution is -0.169. The van der Waals surface area contributed by atoms with Gasteiger partial charge >= 0.3 is 0 Å². The van der Waals surface area contributed by atoms with Crippen LogP contribution in [0.1, 0.15) is 12.8 Å². The zero-order valence-corrected chi connectivity index (χ0v) is 17.9. The molecule has 1 spiro atoms. The van der Waals surface area contributed by atoms with Crippen molar-refractivity contribution in [2.75, 3.05) is 43.1 Å². The Labute approximate surface area is 189 Å². The fourth-order valence-electron chi connectivity index (χ4n) is 4.18. The maximum absolute atomic E-state index is 13.8. The number of pyridine rings is 1. The van der Waals surface area contributed by atoms with Crippen LogP contribution in [0.5, 0.6) is 5.75 Å². The van der Waals surface area contributed by atoms with Crippen molar-refractivity contribution in [1.82, 2.24) is 4.98 Å². The zero-order valence-electron chi connectivity index (χ0n) is 17.9. The Bertz CT molecular complexity index is 1170. The molecule has 2 saturated heterocycles. The molecule has 2 aliphatic heterocycles. The monoisotopic (exact) mass is 455 g/mol. The van der Waals surface area contributed by atoms with Crippen LogP contribution < -0.4 is 15.0 Å². The molecule has 0 atom stereocenters. The average Bonchev–Trinajstić information content (AvgIpc) is 3.27. The lowest BCUT2D eigenvalue weighted by atomic mass is 10.0. The van der Waals surface area contributed by atoms with Gasteiger partial charge in [0.1, 0.15) is 28.7 Å². The number of piperidine rings is 1. The first-order chi connectivity index (χ1) is 16.0. The molecule has 5 rings (SSSR count). The lowest BCUT2D eigenvalue weighted by Crippen LogP contribution is -2.45. The highest BCUT2D eigenvalue weighted by Gasteiger charge is 2.40. The number of hydrogen-bond donors (Lipinski definition) is 1. The van der Waals surface area contributed by atoms with Crippen molar-refractivity contribution < 1.29 is 27.8 Å². The van der Waals surface area contributed by atoms with E-state index < -0.39 is 23.3 Å². The Morgan fingerprint density at radius 1 is 1.09 bits per heavy atom. The molecule has 0 bridgehead atoms. The number of aromatic nitrogens is 1. The number of nitrogens with zero attached hydrogens (tertiary/aromatic N) is 2. The molecule has 0 radical (unpaired) electrons. The van der Waals surface area contributed by atoms with E-state index in [0.29, 0.717) is 30.5 Å². The maximum atomic E-state index is 13.8. The number of halogens is 2. The molecule has 1 amide bonds. The van der Waals surface area contributed by atoms with Crippen LogP contribution in [-0.2, 0) is 14.3 Å². The number of rotatable bonds is 5. The van der Waals surface area contributed by atoms with Crippen LogP contribution in [0, 0.1) is 11.6 Å². The summed E-state index contributed by atoms with van der Waals surface area (Å²) in [5, 5.41) is 3.26. The summed E-state index contributed by atoms with van der Waals surface area (Å²) >= 11 is 0. The second-order valence-corrected chi connectivity index (χ2v) is 8.05. The van der Waals surface area contributed by atoms with Gasteiger partial charge in [-0.3, -0.25) is 4.79 Å². The highest BCUT2D eigenvalue weighted by atomic mass is 19.1. The lowest BCUT2D eigenvalue weighted by Gasteiger charge is -2.38. The van der Waals surface area contributed by atoms with Crippen LogP contribution >= 0.6 is 0 Å². The number of carbonyl (C=O) groups is 1. The summed E-state index contributed by atoms with van der Waals surface area (Å²) in [4.78, 5) is 19.2. The Balaban J connectivity index is 1.28. The summed E-state index contributed by atoms with van der Waals surface area (Å²) in [7, 11) is 0. The Kier molecular flexibility index (Phi) is 5.82. The fourth-order valence-corrected chi connectivity index (χ4v) is 4.18. The van der Waals surface area contributed by atoms with Crippen molar-refractivity contribution >= 4 is 28.3 Å². The van der Waals surface area contributed by atoms with E-state index in [1.165, 1.54) is 6.07 Å². The van der Waals surface area contributed by atoms with E-state index in [4.69, 9.17) is 19.2 Å². The Hall–Kier alpha value is -3.30. The van der Waals surface area contributed by atoms with Crippen LogP contribution in [0.25, 0.3) is 10.9 Å². The van der Waals surface area contributed by atoms with E-state index in [1.807, 2.05) is 24.3 Å². The molecule has 33 heavy (non-hydrogen) atoms. The summed E-state index contributed by atoms with van der Waals surface area (Å²) < 4.78 is 44.1. The van der Waals surface area contributed by atoms with E-state index in [2.05, 4.69) is 10.2 Å². The standard InChI is InChI=1S/C24H23F2N3O4/c25-17-5-6-19(18(26)14-17)27-22(30)15-31-20-3-1-2-16-4-7-21(28-23(16)20)29-10-8-24(9-11-29)32-12-13-33-24/h1-7,14H,8-13,15H2,(H,27,30). The van der Waals surface area contributed by atoms with Crippen LogP contribution in [0.2, 0.25) is 0 Å². The van der Waals surface area contributed by atoms with Gasteiger partial charge in [-0.05, 0) is 30.3 Å². The molecular weight excluding hydrogens is 432 g/mol. The number of amides is 1. The van der Waals surface area contributed by atoms with Gasteiger partial charge in [0.2, 0.25) is 0 Å². The molecule has 0 unspecified atom stereocenters. The highest BCUT2D eigenvalue weighted by molar-refractivity contribution is 5.92. The summed E-state index contributed by atoms with van der Waals surface area (Å²) in [5.74, 6) is -1.34. The van der Waals surface area contributed by atoms with Gasteiger partial charge < -0.3 is 24.4 Å². The van der Waals surface area contributed by atoms with Crippen molar-refractivity contribution in [2.24, 2.45) is 0 Å². The summed E-state index contributed by atoms with van der Waals surface area (Å²) in [5.41, 5.74) is 0.519.